The first-order valence-electron chi connectivity index (χ1n) is 3.53. The predicted octanol–water partition coefficient (Wildman–Crippen LogP) is 3.51. The van der Waals surface area contributed by atoms with E-state index in [4.69, 9.17) is 0 Å². The molecule has 0 rings (SSSR count). The predicted molar refractivity (Wildman–Crippen MR) is 55.8 cm³/mol. The average molecular weight is 166 g/mol. The van der Waals surface area contributed by atoms with Crippen molar-refractivity contribution in [3.8, 4) is 0 Å². The lowest BCUT2D eigenvalue weighted by Gasteiger charge is -1.90. The maximum atomic E-state index is 4.24. The molecule has 0 nitrogen and oxygen atoms in total. The second kappa shape index (κ2) is 6.05. The van der Waals surface area contributed by atoms with Gasteiger partial charge in [-0.15, -0.1) is 12.6 Å². The van der Waals surface area contributed by atoms with Gasteiger partial charge in [-0.3, -0.25) is 0 Å². The lowest BCUT2D eigenvalue weighted by atomic mass is 10.2. The molecule has 1 heteroatoms. The smallest absolute Gasteiger partial charge is 0.00424 e. The van der Waals surface area contributed by atoms with Gasteiger partial charge >= 0.3 is 0 Å². The second-order valence-electron chi connectivity index (χ2n) is 2.21. The third-order valence-electron chi connectivity index (χ3n) is 1.16. The SMILES string of the molecule is C=C/C(C)=C\C(S)=C/C=CC. The van der Waals surface area contributed by atoms with Gasteiger partial charge in [0.25, 0.3) is 0 Å². The molecular weight excluding hydrogens is 152 g/mol. The average Bonchev–Trinajstić information content (AvgIpc) is 2.00. The Hall–Kier alpha value is -0.690. The Labute approximate surface area is 74.4 Å². The van der Waals surface area contributed by atoms with Gasteiger partial charge in [-0.05, 0) is 26.0 Å². The van der Waals surface area contributed by atoms with Crippen LogP contribution in [0.15, 0.2) is 47.4 Å². The van der Waals surface area contributed by atoms with Crippen molar-refractivity contribution in [2.45, 2.75) is 13.8 Å². The highest BCUT2D eigenvalue weighted by Crippen LogP contribution is 2.06. The van der Waals surface area contributed by atoms with Gasteiger partial charge in [0.2, 0.25) is 0 Å². The van der Waals surface area contributed by atoms with Crippen LogP contribution < -0.4 is 0 Å². The molecule has 0 radical (unpaired) electrons. The van der Waals surface area contributed by atoms with E-state index in [1.807, 2.05) is 38.2 Å². The number of hydrogen-bond acceptors (Lipinski definition) is 1. The molecular formula is C10H14S. The summed E-state index contributed by atoms with van der Waals surface area (Å²) in [6, 6.07) is 0. The molecule has 0 amide bonds. The van der Waals surface area contributed by atoms with Gasteiger partial charge in [0.05, 0.1) is 0 Å². The summed E-state index contributed by atoms with van der Waals surface area (Å²) in [6.45, 7) is 7.61. The van der Waals surface area contributed by atoms with Crippen LogP contribution in [0.2, 0.25) is 0 Å². The molecule has 0 spiro atoms. The van der Waals surface area contributed by atoms with Crippen LogP contribution in [0, 0.1) is 0 Å². The van der Waals surface area contributed by atoms with Gasteiger partial charge in [-0.25, -0.2) is 0 Å². The maximum Gasteiger partial charge on any atom is 0.00424 e. The lowest BCUT2D eigenvalue weighted by molar-refractivity contribution is 1.53. The van der Waals surface area contributed by atoms with E-state index in [0.717, 1.165) is 10.5 Å². The Morgan fingerprint density at radius 2 is 2.09 bits per heavy atom. The molecule has 0 aromatic heterocycles. The molecule has 0 atom stereocenters. The highest BCUT2D eigenvalue weighted by molar-refractivity contribution is 7.84. The van der Waals surface area contributed by atoms with Crippen molar-refractivity contribution in [1.29, 1.82) is 0 Å². The van der Waals surface area contributed by atoms with Gasteiger partial charge in [-0.2, -0.15) is 0 Å². The van der Waals surface area contributed by atoms with Crippen molar-refractivity contribution in [1.82, 2.24) is 0 Å². The van der Waals surface area contributed by atoms with Gasteiger partial charge in [0, 0.05) is 4.91 Å². The van der Waals surface area contributed by atoms with Crippen LogP contribution in [0.3, 0.4) is 0 Å². The quantitative estimate of drug-likeness (QED) is 0.481. The first kappa shape index (κ1) is 10.3. The fourth-order valence-electron chi connectivity index (χ4n) is 0.535. The summed E-state index contributed by atoms with van der Waals surface area (Å²) in [5.41, 5.74) is 1.12. The van der Waals surface area contributed by atoms with E-state index in [1.54, 1.807) is 6.08 Å². The normalized spacial score (nSPS) is 14.1. The summed E-state index contributed by atoms with van der Waals surface area (Å²) < 4.78 is 0. The van der Waals surface area contributed by atoms with Gasteiger partial charge in [0.15, 0.2) is 0 Å². The van der Waals surface area contributed by atoms with Crippen LogP contribution in [-0.4, -0.2) is 0 Å². The maximum absolute atomic E-state index is 4.24. The van der Waals surface area contributed by atoms with E-state index in [9.17, 15) is 0 Å². The molecule has 0 bridgehead atoms. The van der Waals surface area contributed by atoms with Crippen LogP contribution in [-0.2, 0) is 0 Å². The van der Waals surface area contributed by atoms with Crippen molar-refractivity contribution in [3.63, 3.8) is 0 Å². The Kier molecular flexibility index (Phi) is 5.67. The molecule has 0 unspecified atom stereocenters. The van der Waals surface area contributed by atoms with Gasteiger partial charge in [0.1, 0.15) is 0 Å². The second-order valence-corrected chi connectivity index (χ2v) is 2.73. The minimum absolute atomic E-state index is 0.945. The fourth-order valence-corrected chi connectivity index (χ4v) is 0.825. The highest BCUT2D eigenvalue weighted by Gasteiger charge is 1.82. The molecule has 0 saturated carbocycles. The largest absolute Gasteiger partial charge is 0.143 e. The highest BCUT2D eigenvalue weighted by atomic mass is 32.1. The summed E-state index contributed by atoms with van der Waals surface area (Å²) in [7, 11) is 0. The number of hydrogen-bond donors (Lipinski definition) is 1. The minimum Gasteiger partial charge on any atom is -0.143 e. The van der Waals surface area contributed by atoms with Crippen molar-refractivity contribution in [2.75, 3.05) is 0 Å². The number of rotatable bonds is 3. The Morgan fingerprint density at radius 3 is 2.55 bits per heavy atom. The fraction of sp³-hybridized carbons (Fsp3) is 0.200. The van der Waals surface area contributed by atoms with Gasteiger partial charge in [-0.1, -0.05) is 30.4 Å². The zero-order chi connectivity index (χ0) is 8.69. The molecule has 0 aliphatic heterocycles. The zero-order valence-electron chi connectivity index (χ0n) is 7.04. The molecule has 0 N–H and O–H groups in total. The van der Waals surface area contributed by atoms with Crippen LogP contribution in [0.5, 0.6) is 0 Å². The van der Waals surface area contributed by atoms with E-state index in [2.05, 4.69) is 19.2 Å². The topological polar surface area (TPSA) is 0 Å². The van der Waals surface area contributed by atoms with E-state index in [0.29, 0.717) is 0 Å². The summed E-state index contributed by atoms with van der Waals surface area (Å²) in [6.07, 6.45) is 9.63. The standard InChI is InChI=1S/C10H14S/c1-4-6-7-10(11)8-9(3)5-2/h4-8,11H,2H2,1,3H3/b6-4?,9-8-,10-7+. The van der Waals surface area contributed by atoms with Crippen LogP contribution in [0.25, 0.3) is 0 Å². The van der Waals surface area contributed by atoms with Gasteiger partial charge < -0.3 is 0 Å². The van der Waals surface area contributed by atoms with E-state index < -0.39 is 0 Å². The summed E-state index contributed by atoms with van der Waals surface area (Å²) >= 11 is 4.24. The van der Waals surface area contributed by atoms with Crippen molar-refractivity contribution < 1.29 is 0 Å². The first-order chi connectivity index (χ1) is 5.20. The minimum atomic E-state index is 0.945. The Bertz CT molecular complexity index is 207. The van der Waals surface area contributed by atoms with Crippen molar-refractivity contribution in [3.05, 3.63) is 47.4 Å². The molecule has 11 heavy (non-hydrogen) atoms. The molecule has 0 fully saturated rings. The number of thiol groups is 1. The molecule has 0 aliphatic carbocycles. The van der Waals surface area contributed by atoms with Crippen molar-refractivity contribution >= 4 is 12.6 Å². The molecule has 60 valence electrons. The van der Waals surface area contributed by atoms with E-state index in [1.165, 1.54) is 0 Å². The first-order valence-corrected chi connectivity index (χ1v) is 3.98. The van der Waals surface area contributed by atoms with E-state index >= 15 is 0 Å². The summed E-state index contributed by atoms with van der Waals surface area (Å²) in [5, 5.41) is 0. The molecule has 0 aromatic carbocycles. The lowest BCUT2D eigenvalue weighted by Crippen LogP contribution is -1.67. The van der Waals surface area contributed by atoms with Crippen LogP contribution >= 0.6 is 12.6 Å². The third-order valence-corrected chi connectivity index (χ3v) is 1.44. The van der Waals surface area contributed by atoms with Crippen LogP contribution in [0.1, 0.15) is 13.8 Å². The monoisotopic (exact) mass is 166 g/mol. The molecule has 0 aromatic rings. The molecule has 0 saturated heterocycles. The van der Waals surface area contributed by atoms with Crippen molar-refractivity contribution in [2.24, 2.45) is 0 Å². The molecule has 0 aliphatic rings. The summed E-state index contributed by atoms with van der Waals surface area (Å²) in [4.78, 5) is 0.945. The molecule has 0 heterocycles. The number of allylic oxidation sites excluding steroid dienone is 6. The zero-order valence-corrected chi connectivity index (χ0v) is 7.94. The Morgan fingerprint density at radius 1 is 1.45 bits per heavy atom. The summed E-state index contributed by atoms with van der Waals surface area (Å²) in [5.74, 6) is 0. The van der Waals surface area contributed by atoms with E-state index in [-0.39, 0.29) is 0 Å². The Balaban J connectivity index is 4.25. The third kappa shape index (κ3) is 5.74. The van der Waals surface area contributed by atoms with Crippen LogP contribution in [0.4, 0.5) is 0 Å².